The van der Waals surface area contributed by atoms with Crippen LogP contribution in [0.3, 0.4) is 0 Å². The van der Waals surface area contributed by atoms with E-state index in [0.29, 0.717) is 0 Å². The number of nitrogen functional groups attached to an aromatic ring is 1. The third-order valence-electron chi connectivity index (χ3n) is 1.86. The number of Topliss-reactive ketones (excluding diaryl/α,β-unsaturated/α-hetero) is 1. The number of carbonyl (C=O) groups excluding carboxylic acids is 1. The molecule has 0 unspecified atom stereocenters. The van der Waals surface area contributed by atoms with Crippen LogP contribution in [0.1, 0.15) is 17.3 Å². The van der Waals surface area contributed by atoms with E-state index in [4.69, 9.17) is 5.73 Å². The second-order valence-corrected chi connectivity index (χ2v) is 5.12. The summed E-state index contributed by atoms with van der Waals surface area (Å²) in [6.07, 6.45) is 0.880. The average molecular weight is 231 g/mol. The Labute approximate surface area is 86.8 Å². The van der Waals surface area contributed by atoms with E-state index < -0.39 is 31.9 Å². The molecule has 4 nitrogen and oxygen atoms in total. The first kappa shape index (κ1) is 11.6. The molecule has 0 heterocycles. The number of rotatable bonds is 2. The second-order valence-electron chi connectivity index (χ2n) is 3.17. The molecule has 0 amide bonds. The van der Waals surface area contributed by atoms with Crippen molar-refractivity contribution < 1.29 is 17.6 Å². The van der Waals surface area contributed by atoms with Crippen molar-refractivity contribution in [1.82, 2.24) is 0 Å². The highest BCUT2D eigenvalue weighted by Crippen LogP contribution is 2.25. The molecule has 82 valence electrons. The van der Waals surface area contributed by atoms with Gasteiger partial charge in [-0.1, -0.05) is 0 Å². The fourth-order valence-electron chi connectivity index (χ4n) is 1.30. The summed E-state index contributed by atoms with van der Waals surface area (Å²) in [5, 5.41) is 0. The van der Waals surface area contributed by atoms with E-state index in [1.165, 1.54) is 0 Å². The molecule has 0 saturated heterocycles. The predicted octanol–water partition coefficient (Wildman–Crippen LogP) is 1.01. The molecule has 0 fully saturated rings. The van der Waals surface area contributed by atoms with Gasteiger partial charge in [-0.05, 0) is 19.1 Å². The van der Waals surface area contributed by atoms with Crippen molar-refractivity contribution in [1.29, 1.82) is 0 Å². The summed E-state index contributed by atoms with van der Waals surface area (Å²) in [6.45, 7) is 1.09. The summed E-state index contributed by atoms with van der Waals surface area (Å²) < 4.78 is 35.9. The van der Waals surface area contributed by atoms with Crippen LogP contribution in [-0.4, -0.2) is 20.5 Å². The molecule has 6 heteroatoms. The van der Waals surface area contributed by atoms with Gasteiger partial charge < -0.3 is 5.73 Å². The number of sulfone groups is 1. The van der Waals surface area contributed by atoms with Crippen LogP contribution in [0.5, 0.6) is 0 Å². The fourth-order valence-corrected chi connectivity index (χ4v) is 2.41. The highest BCUT2D eigenvalue weighted by atomic mass is 32.2. The molecule has 1 aromatic rings. The van der Waals surface area contributed by atoms with Crippen LogP contribution < -0.4 is 5.73 Å². The maximum absolute atomic E-state index is 13.3. The standard InChI is InChI=1S/C9H10FNO3S/c1-5(12)8-6(10)3-4-7(11)9(8)15(2,13)14/h3-4H,11H2,1-2H3. The average Bonchev–Trinajstić information content (AvgIpc) is 2.05. The van der Waals surface area contributed by atoms with Crippen LogP contribution in [0.25, 0.3) is 0 Å². The Morgan fingerprint density at radius 2 is 1.93 bits per heavy atom. The molecule has 0 aromatic heterocycles. The summed E-state index contributed by atoms with van der Waals surface area (Å²) in [7, 11) is -3.72. The van der Waals surface area contributed by atoms with Gasteiger partial charge in [0, 0.05) is 6.26 Å². The third kappa shape index (κ3) is 2.15. The van der Waals surface area contributed by atoms with Crippen molar-refractivity contribution in [2.75, 3.05) is 12.0 Å². The second kappa shape index (κ2) is 3.62. The monoisotopic (exact) mass is 231 g/mol. The first-order valence-electron chi connectivity index (χ1n) is 4.04. The zero-order valence-electron chi connectivity index (χ0n) is 8.24. The van der Waals surface area contributed by atoms with Gasteiger partial charge in [0.1, 0.15) is 10.7 Å². The minimum atomic E-state index is -3.72. The van der Waals surface area contributed by atoms with Gasteiger partial charge in [-0.3, -0.25) is 4.79 Å². The van der Waals surface area contributed by atoms with Crippen molar-refractivity contribution in [2.45, 2.75) is 11.8 Å². The van der Waals surface area contributed by atoms with Crippen LogP contribution >= 0.6 is 0 Å². The predicted molar refractivity (Wildman–Crippen MR) is 53.9 cm³/mol. The normalized spacial score (nSPS) is 11.4. The van der Waals surface area contributed by atoms with Gasteiger partial charge in [-0.2, -0.15) is 0 Å². The summed E-state index contributed by atoms with van der Waals surface area (Å²) in [5.41, 5.74) is 4.82. The molecular weight excluding hydrogens is 221 g/mol. The van der Waals surface area contributed by atoms with Gasteiger partial charge in [-0.15, -0.1) is 0 Å². The van der Waals surface area contributed by atoms with E-state index in [1.807, 2.05) is 0 Å². The molecule has 0 spiro atoms. The van der Waals surface area contributed by atoms with Crippen LogP contribution in [0.2, 0.25) is 0 Å². The highest BCUT2D eigenvalue weighted by Gasteiger charge is 2.23. The van der Waals surface area contributed by atoms with Gasteiger partial charge in [0.05, 0.1) is 11.3 Å². The number of carbonyl (C=O) groups is 1. The lowest BCUT2D eigenvalue weighted by Crippen LogP contribution is -2.11. The number of anilines is 1. The van der Waals surface area contributed by atoms with Gasteiger partial charge in [0.2, 0.25) is 0 Å². The maximum atomic E-state index is 13.3. The van der Waals surface area contributed by atoms with Crippen molar-refractivity contribution >= 4 is 21.3 Å². The van der Waals surface area contributed by atoms with E-state index in [2.05, 4.69) is 0 Å². The number of nitrogens with two attached hydrogens (primary N) is 1. The number of ketones is 1. The largest absolute Gasteiger partial charge is 0.398 e. The van der Waals surface area contributed by atoms with Crippen molar-refractivity contribution in [3.05, 3.63) is 23.5 Å². The molecule has 0 aliphatic rings. The topological polar surface area (TPSA) is 77.2 Å². The van der Waals surface area contributed by atoms with E-state index in [-0.39, 0.29) is 5.69 Å². The Morgan fingerprint density at radius 3 is 2.27 bits per heavy atom. The van der Waals surface area contributed by atoms with Crippen LogP contribution in [0, 0.1) is 5.82 Å². The SMILES string of the molecule is CC(=O)c1c(F)ccc(N)c1S(C)(=O)=O. The molecule has 2 N–H and O–H groups in total. The Bertz CT molecular complexity index is 522. The first-order valence-corrected chi connectivity index (χ1v) is 5.93. The van der Waals surface area contributed by atoms with Crippen LogP contribution in [0.15, 0.2) is 17.0 Å². The quantitative estimate of drug-likeness (QED) is 0.608. The molecule has 1 rings (SSSR count). The summed E-state index contributed by atoms with van der Waals surface area (Å²) in [4.78, 5) is 10.7. The van der Waals surface area contributed by atoms with Crippen molar-refractivity contribution in [3.8, 4) is 0 Å². The summed E-state index contributed by atoms with van der Waals surface area (Å²) in [6, 6.07) is 2.10. The Hall–Kier alpha value is -1.43. The Morgan fingerprint density at radius 1 is 1.40 bits per heavy atom. The zero-order chi connectivity index (χ0) is 11.8. The number of halogens is 1. The number of hydrogen-bond acceptors (Lipinski definition) is 4. The lowest BCUT2D eigenvalue weighted by atomic mass is 10.1. The van der Waals surface area contributed by atoms with E-state index in [9.17, 15) is 17.6 Å². The third-order valence-corrected chi connectivity index (χ3v) is 3.04. The van der Waals surface area contributed by atoms with Crippen LogP contribution in [-0.2, 0) is 9.84 Å². The Kier molecular flexibility index (Phi) is 2.81. The summed E-state index contributed by atoms with van der Waals surface area (Å²) >= 11 is 0. The van der Waals surface area contributed by atoms with Gasteiger partial charge in [-0.25, -0.2) is 12.8 Å². The molecule has 0 bridgehead atoms. The van der Waals surface area contributed by atoms with Crippen molar-refractivity contribution in [3.63, 3.8) is 0 Å². The zero-order valence-corrected chi connectivity index (χ0v) is 9.06. The van der Waals surface area contributed by atoms with Crippen LogP contribution in [0.4, 0.5) is 10.1 Å². The molecule has 1 aromatic carbocycles. The molecular formula is C9H10FNO3S. The first-order chi connectivity index (χ1) is 6.75. The fraction of sp³-hybridized carbons (Fsp3) is 0.222. The summed E-state index contributed by atoms with van der Waals surface area (Å²) in [5.74, 6) is -1.54. The molecule has 0 aliphatic heterocycles. The van der Waals surface area contributed by atoms with Crippen molar-refractivity contribution in [2.24, 2.45) is 0 Å². The van der Waals surface area contributed by atoms with E-state index >= 15 is 0 Å². The molecule has 0 radical (unpaired) electrons. The Balaban J connectivity index is 3.76. The molecule has 0 saturated carbocycles. The highest BCUT2D eigenvalue weighted by molar-refractivity contribution is 7.91. The van der Waals surface area contributed by atoms with Gasteiger partial charge >= 0.3 is 0 Å². The maximum Gasteiger partial charge on any atom is 0.178 e. The van der Waals surface area contributed by atoms with E-state index in [1.54, 1.807) is 0 Å². The van der Waals surface area contributed by atoms with Gasteiger partial charge in [0.25, 0.3) is 0 Å². The minimum absolute atomic E-state index is 0.121. The number of hydrogen-bond donors (Lipinski definition) is 1. The lowest BCUT2D eigenvalue weighted by molar-refractivity contribution is 0.101. The molecule has 0 aliphatic carbocycles. The minimum Gasteiger partial charge on any atom is -0.398 e. The van der Waals surface area contributed by atoms with Gasteiger partial charge in [0.15, 0.2) is 15.6 Å². The lowest BCUT2D eigenvalue weighted by Gasteiger charge is -2.08. The number of benzene rings is 1. The molecule has 0 atom stereocenters. The molecule has 15 heavy (non-hydrogen) atoms. The van der Waals surface area contributed by atoms with E-state index in [0.717, 1.165) is 25.3 Å². The smallest absolute Gasteiger partial charge is 0.178 e.